The molecule has 1 aromatic carbocycles. The summed E-state index contributed by atoms with van der Waals surface area (Å²) in [6.45, 7) is 0.965. The fourth-order valence-corrected chi connectivity index (χ4v) is 1.27. The van der Waals surface area contributed by atoms with Gasteiger partial charge in [-0.1, -0.05) is 6.07 Å². The molecule has 0 atom stereocenters. The number of carbonyl (C=O) groups is 1. The molecule has 0 radical (unpaired) electrons. The minimum Gasteiger partial charge on any atom is -0.486 e. The highest BCUT2D eigenvalue weighted by Crippen LogP contribution is 2.32. The van der Waals surface area contributed by atoms with Crippen molar-refractivity contribution in [2.75, 3.05) is 13.2 Å². The van der Waals surface area contributed by atoms with Crippen molar-refractivity contribution in [3.05, 3.63) is 23.8 Å². The van der Waals surface area contributed by atoms with E-state index in [1.54, 1.807) is 18.2 Å². The monoisotopic (exact) mass is 215 g/mol. The van der Waals surface area contributed by atoms with Crippen LogP contribution in [0.2, 0.25) is 0 Å². The van der Waals surface area contributed by atoms with E-state index >= 15 is 0 Å². The van der Waals surface area contributed by atoms with Gasteiger partial charge in [0.15, 0.2) is 11.5 Å². The number of carbonyl (C=O) groups excluding carboxylic acids is 1. The summed E-state index contributed by atoms with van der Waals surface area (Å²) >= 11 is 0. The first kappa shape index (κ1) is 10.7. The molecule has 0 fully saturated rings. The van der Waals surface area contributed by atoms with E-state index < -0.39 is 5.91 Å². The molecule has 14 heavy (non-hydrogen) atoms. The quantitative estimate of drug-likeness (QED) is 0.760. The van der Waals surface area contributed by atoms with Crippen molar-refractivity contribution in [2.24, 2.45) is 5.73 Å². The highest BCUT2D eigenvalue weighted by Gasteiger charge is 2.17. The fourth-order valence-electron chi connectivity index (χ4n) is 1.27. The number of amides is 1. The third-order valence-corrected chi connectivity index (χ3v) is 1.83. The summed E-state index contributed by atoms with van der Waals surface area (Å²) < 4.78 is 10.6. The minimum absolute atomic E-state index is 0. The highest BCUT2D eigenvalue weighted by atomic mass is 35.5. The van der Waals surface area contributed by atoms with Gasteiger partial charge < -0.3 is 15.2 Å². The first-order valence-electron chi connectivity index (χ1n) is 3.97. The first-order valence-corrected chi connectivity index (χ1v) is 3.97. The molecule has 1 aliphatic heterocycles. The van der Waals surface area contributed by atoms with Crippen LogP contribution in [-0.2, 0) is 0 Å². The summed E-state index contributed by atoms with van der Waals surface area (Å²) in [6.07, 6.45) is 0. The van der Waals surface area contributed by atoms with E-state index in [9.17, 15) is 4.79 Å². The molecule has 2 rings (SSSR count). The number of halogens is 1. The number of hydrogen-bond acceptors (Lipinski definition) is 3. The van der Waals surface area contributed by atoms with E-state index in [1.165, 1.54) is 0 Å². The Labute approximate surface area is 87.4 Å². The van der Waals surface area contributed by atoms with Gasteiger partial charge in [-0.15, -0.1) is 12.4 Å². The van der Waals surface area contributed by atoms with E-state index in [0.29, 0.717) is 30.3 Å². The van der Waals surface area contributed by atoms with Gasteiger partial charge >= 0.3 is 0 Å². The number of primary amides is 1. The smallest absolute Gasteiger partial charge is 0.252 e. The van der Waals surface area contributed by atoms with E-state index in [2.05, 4.69) is 0 Å². The standard InChI is InChI=1S/C9H9NO3.ClH/c10-9(11)6-2-1-3-7-8(6)13-5-4-12-7;/h1-3H,4-5H2,(H2,10,11);1H. The van der Waals surface area contributed by atoms with Crippen LogP contribution in [0.4, 0.5) is 0 Å². The van der Waals surface area contributed by atoms with Crippen LogP contribution in [0.15, 0.2) is 18.2 Å². The zero-order valence-corrected chi connectivity index (χ0v) is 8.17. The lowest BCUT2D eigenvalue weighted by molar-refractivity contribution is 0.0989. The largest absolute Gasteiger partial charge is 0.486 e. The number of fused-ring (bicyclic) bond motifs is 1. The number of nitrogens with two attached hydrogens (primary N) is 1. The van der Waals surface area contributed by atoms with Crippen molar-refractivity contribution in [1.82, 2.24) is 0 Å². The van der Waals surface area contributed by atoms with Crippen molar-refractivity contribution in [3.8, 4) is 11.5 Å². The molecular formula is C9H10ClNO3. The molecule has 1 aliphatic rings. The predicted octanol–water partition coefficient (Wildman–Crippen LogP) is 0.978. The van der Waals surface area contributed by atoms with Gasteiger partial charge in [0.1, 0.15) is 13.2 Å². The maximum absolute atomic E-state index is 11.0. The summed E-state index contributed by atoms with van der Waals surface area (Å²) in [7, 11) is 0. The first-order chi connectivity index (χ1) is 6.29. The summed E-state index contributed by atoms with van der Waals surface area (Å²) in [6, 6.07) is 5.09. The molecule has 1 aromatic rings. The van der Waals surface area contributed by atoms with Crippen LogP contribution < -0.4 is 15.2 Å². The molecule has 5 heteroatoms. The van der Waals surface area contributed by atoms with Gasteiger partial charge in [0.05, 0.1) is 5.56 Å². The fraction of sp³-hybridized carbons (Fsp3) is 0.222. The summed E-state index contributed by atoms with van der Waals surface area (Å²) in [5.41, 5.74) is 5.54. The molecule has 1 heterocycles. The second-order valence-corrected chi connectivity index (χ2v) is 2.69. The van der Waals surface area contributed by atoms with Crippen LogP contribution >= 0.6 is 12.4 Å². The Kier molecular flexibility index (Phi) is 3.19. The van der Waals surface area contributed by atoms with Crippen molar-refractivity contribution in [2.45, 2.75) is 0 Å². The Bertz CT molecular complexity index is 354. The molecule has 1 amide bonds. The van der Waals surface area contributed by atoms with Crippen LogP contribution in [0.25, 0.3) is 0 Å². The average molecular weight is 216 g/mol. The second-order valence-electron chi connectivity index (χ2n) is 2.69. The number of hydrogen-bond donors (Lipinski definition) is 1. The SMILES string of the molecule is Cl.NC(=O)c1cccc2c1OCCO2. The number of benzene rings is 1. The molecule has 0 bridgehead atoms. The number of para-hydroxylation sites is 1. The topological polar surface area (TPSA) is 61.6 Å². The lowest BCUT2D eigenvalue weighted by atomic mass is 10.1. The van der Waals surface area contributed by atoms with Crippen LogP contribution in [0.3, 0.4) is 0 Å². The van der Waals surface area contributed by atoms with Crippen molar-refractivity contribution in [3.63, 3.8) is 0 Å². The molecular weight excluding hydrogens is 206 g/mol. The second kappa shape index (κ2) is 4.19. The Morgan fingerprint density at radius 2 is 2.00 bits per heavy atom. The Morgan fingerprint density at radius 1 is 1.29 bits per heavy atom. The molecule has 0 saturated carbocycles. The number of rotatable bonds is 1. The minimum atomic E-state index is -0.498. The van der Waals surface area contributed by atoms with Crippen molar-refractivity contribution < 1.29 is 14.3 Å². The zero-order valence-electron chi connectivity index (χ0n) is 7.36. The molecule has 0 unspecified atom stereocenters. The maximum atomic E-state index is 11.0. The molecule has 0 aromatic heterocycles. The third-order valence-electron chi connectivity index (χ3n) is 1.83. The summed E-state index contributed by atoms with van der Waals surface area (Å²) in [4.78, 5) is 11.0. The Balaban J connectivity index is 0.000000980. The average Bonchev–Trinajstić information content (AvgIpc) is 2.17. The van der Waals surface area contributed by atoms with Gasteiger partial charge in [-0.2, -0.15) is 0 Å². The van der Waals surface area contributed by atoms with Gasteiger partial charge in [-0.05, 0) is 12.1 Å². The van der Waals surface area contributed by atoms with E-state index in [0.717, 1.165) is 0 Å². The zero-order chi connectivity index (χ0) is 9.26. The van der Waals surface area contributed by atoms with Crippen LogP contribution in [0.5, 0.6) is 11.5 Å². The van der Waals surface area contributed by atoms with Gasteiger partial charge in [-0.3, -0.25) is 4.79 Å². The summed E-state index contributed by atoms with van der Waals surface area (Å²) in [5.74, 6) is 0.547. The molecule has 76 valence electrons. The van der Waals surface area contributed by atoms with Crippen molar-refractivity contribution in [1.29, 1.82) is 0 Å². The maximum Gasteiger partial charge on any atom is 0.252 e. The van der Waals surface area contributed by atoms with Gasteiger partial charge in [0, 0.05) is 0 Å². The van der Waals surface area contributed by atoms with E-state index in [4.69, 9.17) is 15.2 Å². The Morgan fingerprint density at radius 3 is 2.71 bits per heavy atom. The van der Waals surface area contributed by atoms with Gasteiger partial charge in [-0.25, -0.2) is 0 Å². The lowest BCUT2D eigenvalue weighted by Gasteiger charge is -2.19. The molecule has 0 spiro atoms. The molecule has 4 nitrogen and oxygen atoms in total. The lowest BCUT2D eigenvalue weighted by Crippen LogP contribution is -2.20. The Hall–Kier alpha value is -1.42. The predicted molar refractivity (Wildman–Crippen MR) is 53.2 cm³/mol. The van der Waals surface area contributed by atoms with Crippen LogP contribution in [0, 0.1) is 0 Å². The highest BCUT2D eigenvalue weighted by molar-refractivity contribution is 5.96. The number of ether oxygens (including phenoxy) is 2. The van der Waals surface area contributed by atoms with E-state index in [-0.39, 0.29) is 12.4 Å². The van der Waals surface area contributed by atoms with Gasteiger partial charge in [0.25, 0.3) is 5.91 Å². The molecule has 0 saturated heterocycles. The molecule has 0 aliphatic carbocycles. The molecule has 2 N–H and O–H groups in total. The summed E-state index contributed by atoms with van der Waals surface area (Å²) in [5, 5.41) is 0. The van der Waals surface area contributed by atoms with Gasteiger partial charge in [0.2, 0.25) is 0 Å². The van der Waals surface area contributed by atoms with Crippen LogP contribution in [-0.4, -0.2) is 19.1 Å². The normalized spacial score (nSPS) is 12.9. The third kappa shape index (κ3) is 1.75. The van der Waals surface area contributed by atoms with E-state index in [1.807, 2.05) is 0 Å². The van der Waals surface area contributed by atoms with Crippen LogP contribution in [0.1, 0.15) is 10.4 Å². The van der Waals surface area contributed by atoms with Crippen molar-refractivity contribution >= 4 is 18.3 Å².